The molecule has 2 aromatic rings. The molecule has 0 N–H and O–H groups in total. The van der Waals surface area contributed by atoms with Crippen molar-refractivity contribution in [2.75, 3.05) is 44.8 Å². The summed E-state index contributed by atoms with van der Waals surface area (Å²) in [5, 5.41) is 0. The number of hydrogen-bond donors (Lipinski definition) is 0. The standard InChI is InChI=1S/C24H27F6N5O3/c1-37-21-18(24(28,29)30)11-15(12-31-21)17-3-2-4-19(17)38-10-5-20(36)34-6-8-35(9-7-34)22-32-13-16(14-33-22)23(25,26)27/h11-14,17,19H,2-10H2,1H3/t17-,19+/m1/s1. The van der Waals surface area contributed by atoms with Crippen molar-refractivity contribution in [3.05, 3.63) is 41.3 Å². The van der Waals surface area contributed by atoms with Crippen molar-refractivity contribution in [3.8, 4) is 5.88 Å². The maximum absolute atomic E-state index is 13.4. The number of halogens is 6. The van der Waals surface area contributed by atoms with Crippen molar-refractivity contribution >= 4 is 11.9 Å². The number of alkyl halides is 6. The molecule has 0 radical (unpaired) electrons. The van der Waals surface area contributed by atoms with Crippen LogP contribution in [0.3, 0.4) is 0 Å². The number of methoxy groups -OCH3 is 1. The minimum absolute atomic E-state index is 0.106. The Bertz CT molecular complexity index is 1100. The number of ether oxygens (including phenoxy) is 2. The fourth-order valence-electron chi connectivity index (χ4n) is 4.79. The largest absolute Gasteiger partial charge is 0.481 e. The molecule has 14 heteroatoms. The number of anilines is 1. The molecule has 2 aliphatic rings. The van der Waals surface area contributed by atoms with Crippen molar-refractivity contribution in [1.29, 1.82) is 0 Å². The fourth-order valence-corrected chi connectivity index (χ4v) is 4.79. The Morgan fingerprint density at radius 3 is 2.26 bits per heavy atom. The van der Waals surface area contributed by atoms with E-state index in [2.05, 4.69) is 15.0 Å². The van der Waals surface area contributed by atoms with Gasteiger partial charge in [0.05, 0.1) is 31.8 Å². The molecule has 0 bridgehead atoms. The Labute approximate surface area is 215 Å². The van der Waals surface area contributed by atoms with Gasteiger partial charge in [0, 0.05) is 50.7 Å². The fraction of sp³-hybridized carbons (Fsp3) is 0.583. The van der Waals surface area contributed by atoms with Gasteiger partial charge in [0.25, 0.3) is 0 Å². The van der Waals surface area contributed by atoms with Gasteiger partial charge in [0.15, 0.2) is 0 Å². The number of carbonyl (C=O) groups is 1. The molecule has 0 spiro atoms. The predicted octanol–water partition coefficient (Wildman–Crippen LogP) is 4.31. The molecule has 1 saturated heterocycles. The number of aromatic nitrogens is 3. The van der Waals surface area contributed by atoms with E-state index in [1.165, 1.54) is 6.20 Å². The van der Waals surface area contributed by atoms with Crippen LogP contribution < -0.4 is 9.64 Å². The molecule has 2 fully saturated rings. The quantitative estimate of drug-likeness (QED) is 0.478. The smallest absolute Gasteiger partial charge is 0.421 e. The average molecular weight is 548 g/mol. The highest BCUT2D eigenvalue weighted by Gasteiger charge is 2.38. The molecular weight excluding hydrogens is 520 g/mol. The summed E-state index contributed by atoms with van der Waals surface area (Å²) in [7, 11) is 1.14. The van der Waals surface area contributed by atoms with Gasteiger partial charge in [0.2, 0.25) is 17.7 Å². The van der Waals surface area contributed by atoms with Crippen molar-refractivity contribution in [2.24, 2.45) is 0 Å². The molecule has 3 heterocycles. The molecular formula is C24H27F6N5O3. The molecule has 1 aliphatic carbocycles. The van der Waals surface area contributed by atoms with Crippen molar-refractivity contribution in [3.63, 3.8) is 0 Å². The van der Waals surface area contributed by atoms with Crippen molar-refractivity contribution in [2.45, 2.75) is 50.1 Å². The lowest BCUT2D eigenvalue weighted by Crippen LogP contribution is -2.49. The van der Waals surface area contributed by atoms with Crippen molar-refractivity contribution in [1.82, 2.24) is 19.9 Å². The minimum atomic E-state index is -4.60. The summed E-state index contributed by atoms with van der Waals surface area (Å²) in [6, 6.07) is 1.06. The van der Waals surface area contributed by atoms with E-state index < -0.39 is 29.4 Å². The van der Waals surface area contributed by atoms with Crippen molar-refractivity contribution < 1.29 is 40.6 Å². The SMILES string of the molecule is COc1ncc([C@H]2CCC[C@@H]2OCCC(=O)N2CCN(c3ncc(C(F)(F)F)cn3)CC2)cc1C(F)(F)F. The molecule has 1 aliphatic heterocycles. The van der Waals surface area contributed by atoms with E-state index in [-0.39, 0.29) is 36.9 Å². The van der Waals surface area contributed by atoms with Crippen LogP contribution in [0.5, 0.6) is 5.88 Å². The highest BCUT2D eigenvalue weighted by molar-refractivity contribution is 5.76. The van der Waals surface area contributed by atoms with E-state index in [1.54, 1.807) is 9.80 Å². The van der Waals surface area contributed by atoms with Crippen LogP contribution in [-0.2, 0) is 21.9 Å². The number of carbonyl (C=O) groups excluding carboxylic acids is 1. The highest BCUT2D eigenvalue weighted by Crippen LogP contribution is 2.41. The van der Waals surface area contributed by atoms with Crippen LogP contribution in [0.2, 0.25) is 0 Å². The van der Waals surface area contributed by atoms with Gasteiger partial charge < -0.3 is 19.3 Å². The molecule has 4 rings (SSSR count). The maximum atomic E-state index is 13.4. The lowest BCUT2D eigenvalue weighted by atomic mass is 9.96. The Morgan fingerprint density at radius 2 is 1.66 bits per heavy atom. The molecule has 38 heavy (non-hydrogen) atoms. The molecule has 0 unspecified atom stereocenters. The van der Waals surface area contributed by atoms with E-state index >= 15 is 0 Å². The van der Waals surface area contributed by atoms with Crippen LogP contribution >= 0.6 is 0 Å². The maximum Gasteiger partial charge on any atom is 0.421 e. The molecule has 2 atom stereocenters. The zero-order chi connectivity index (χ0) is 27.5. The van der Waals surface area contributed by atoms with Gasteiger partial charge in [-0.05, 0) is 24.5 Å². The average Bonchev–Trinajstić information content (AvgIpc) is 3.36. The highest BCUT2D eigenvalue weighted by atomic mass is 19.4. The summed E-state index contributed by atoms with van der Waals surface area (Å²) in [4.78, 5) is 27.4. The summed E-state index contributed by atoms with van der Waals surface area (Å²) < 4.78 is 89.0. The van der Waals surface area contributed by atoms with Gasteiger partial charge in [-0.2, -0.15) is 26.3 Å². The molecule has 208 valence electrons. The third-order valence-corrected chi connectivity index (χ3v) is 6.78. The Morgan fingerprint density at radius 1 is 0.974 bits per heavy atom. The summed E-state index contributed by atoms with van der Waals surface area (Å²) in [6.07, 6.45) is -4.38. The second-order valence-corrected chi connectivity index (χ2v) is 9.16. The lowest BCUT2D eigenvalue weighted by Gasteiger charge is -2.35. The van der Waals surface area contributed by atoms with Gasteiger partial charge >= 0.3 is 12.4 Å². The van der Waals surface area contributed by atoms with Crippen LogP contribution in [0.15, 0.2) is 24.7 Å². The van der Waals surface area contributed by atoms with Gasteiger partial charge in [-0.25, -0.2) is 15.0 Å². The van der Waals surface area contributed by atoms with Crippen LogP contribution in [0, 0.1) is 0 Å². The van der Waals surface area contributed by atoms with Crippen LogP contribution in [0.25, 0.3) is 0 Å². The zero-order valence-electron chi connectivity index (χ0n) is 20.6. The first-order valence-corrected chi connectivity index (χ1v) is 12.1. The minimum Gasteiger partial charge on any atom is -0.481 e. The van der Waals surface area contributed by atoms with E-state index in [1.807, 2.05) is 0 Å². The molecule has 1 amide bonds. The first-order chi connectivity index (χ1) is 18.0. The second-order valence-electron chi connectivity index (χ2n) is 9.16. The van der Waals surface area contributed by atoms with Crippen LogP contribution in [-0.4, -0.2) is 71.8 Å². The normalized spacial score (nSPS) is 20.6. The van der Waals surface area contributed by atoms with Gasteiger partial charge in [-0.1, -0.05) is 6.42 Å². The van der Waals surface area contributed by atoms with E-state index in [9.17, 15) is 31.1 Å². The first kappa shape index (κ1) is 27.9. The second kappa shape index (κ2) is 11.3. The third kappa shape index (κ3) is 6.45. The number of hydrogen-bond acceptors (Lipinski definition) is 7. The van der Waals surface area contributed by atoms with Gasteiger partial charge in [0.1, 0.15) is 5.56 Å². The third-order valence-electron chi connectivity index (χ3n) is 6.78. The number of nitrogens with zero attached hydrogens (tertiary/aromatic N) is 5. The number of piperazine rings is 1. The topological polar surface area (TPSA) is 80.7 Å². The molecule has 8 nitrogen and oxygen atoms in total. The lowest BCUT2D eigenvalue weighted by molar-refractivity contribution is -0.139. The Kier molecular flexibility index (Phi) is 8.28. The first-order valence-electron chi connectivity index (χ1n) is 12.1. The van der Waals surface area contributed by atoms with Crippen LogP contribution in [0.4, 0.5) is 32.3 Å². The number of rotatable bonds is 7. The summed E-state index contributed by atoms with van der Waals surface area (Å²) in [6.45, 7) is 1.57. The van der Waals surface area contributed by atoms with Crippen LogP contribution in [0.1, 0.15) is 48.3 Å². The zero-order valence-corrected chi connectivity index (χ0v) is 20.6. The summed E-state index contributed by atoms with van der Waals surface area (Å²) in [5.41, 5.74) is -1.43. The van der Waals surface area contributed by atoms with Gasteiger partial charge in [-0.15, -0.1) is 0 Å². The Balaban J connectivity index is 1.26. The summed E-state index contributed by atoms with van der Waals surface area (Å²) in [5.74, 6) is -0.718. The molecule has 0 aromatic carbocycles. The molecule has 2 aromatic heterocycles. The van der Waals surface area contributed by atoms with Gasteiger partial charge in [-0.3, -0.25) is 4.79 Å². The van der Waals surface area contributed by atoms with E-state index in [0.717, 1.165) is 32.0 Å². The predicted molar refractivity (Wildman–Crippen MR) is 123 cm³/mol. The number of pyridine rings is 1. The Hall–Kier alpha value is -3.16. The summed E-state index contributed by atoms with van der Waals surface area (Å²) >= 11 is 0. The van der Waals surface area contributed by atoms with E-state index in [4.69, 9.17) is 9.47 Å². The molecule has 1 saturated carbocycles. The number of amides is 1. The monoisotopic (exact) mass is 547 g/mol. The van der Waals surface area contributed by atoms with E-state index in [0.29, 0.717) is 44.6 Å².